The van der Waals surface area contributed by atoms with E-state index < -0.39 is 6.10 Å². The van der Waals surface area contributed by atoms with Crippen LogP contribution >= 0.6 is 0 Å². The summed E-state index contributed by atoms with van der Waals surface area (Å²) in [6, 6.07) is 28.8. The number of aliphatic hydroxyl groups excluding tert-OH is 1. The SMILES string of the molecule is Cc1cccc(-c2[nH]c(CNCC3CCCC([n+]4cnn5cc(-c6nc(CN[C@H]7c8ccccc8C[C@H]7O)[nH]c6-c6cccc(C)n6)ccc54)C3)nc2-c2ccc3ncnn3c2)n1. The molecule has 8 heterocycles. The maximum atomic E-state index is 10.9. The number of aryl methyl sites for hydroxylation is 2. The lowest BCUT2D eigenvalue weighted by Crippen LogP contribution is -2.42. The Labute approximate surface area is 363 Å². The van der Waals surface area contributed by atoms with E-state index in [1.807, 2.05) is 91.6 Å². The van der Waals surface area contributed by atoms with Gasteiger partial charge in [0.25, 0.3) is 12.0 Å². The first-order valence-electron chi connectivity index (χ1n) is 21.8. The van der Waals surface area contributed by atoms with Crippen LogP contribution in [-0.2, 0) is 19.5 Å². The molecule has 0 bridgehead atoms. The number of aliphatic hydroxyl groups is 1. The van der Waals surface area contributed by atoms with Gasteiger partial charge in [0.05, 0.1) is 59.7 Å². The fourth-order valence-corrected chi connectivity index (χ4v) is 9.61. The number of fused-ring (bicyclic) bond motifs is 3. The number of hydrogen-bond donors (Lipinski definition) is 5. The lowest BCUT2D eigenvalue weighted by atomic mass is 9.85. The molecule has 2 aliphatic rings. The molecule has 15 heteroatoms. The largest absolute Gasteiger partial charge is 0.391 e. The molecule has 0 spiro atoms. The number of hydrogen-bond acceptors (Lipinski definition) is 10. The molecular formula is C48H49N14O+. The van der Waals surface area contributed by atoms with Crippen LogP contribution in [0.2, 0.25) is 0 Å². The van der Waals surface area contributed by atoms with Crippen LogP contribution in [0.3, 0.4) is 0 Å². The summed E-state index contributed by atoms with van der Waals surface area (Å²) in [6.45, 7) is 5.97. The van der Waals surface area contributed by atoms with Crippen LogP contribution in [-0.4, -0.2) is 71.9 Å². The highest BCUT2D eigenvalue weighted by atomic mass is 16.3. The molecule has 0 aliphatic heterocycles. The third kappa shape index (κ3) is 7.68. The van der Waals surface area contributed by atoms with Gasteiger partial charge < -0.3 is 25.7 Å². The van der Waals surface area contributed by atoms with Gasteiger partial charge in [-0.15, -0.1) is 0 Å². The van der Waals surface area contributed by atoms with Crippen molar-refractivity contribution in [3.8, 4) is 45.3 Å². The normalized spacial score (nSPS) is 18.7. The molecule has 2 aliphatic carbocycles. The summed E-state index contributed by atoms with van der Waals surface area (Å²) in [4.78, 5) is 31.4. The smallest absolute Gasteiger partial charge is 0.266 e. The van der Waals surface area contributed by atoms with E-state index in [0.29, 0.717) is 31.5 Å². The average Bonchev–Trinajstić information content (AvgIpc) is 4.15. The number of nitrogens with one attached hydrogen (secondary N) is 4. The minimum Gasteiger partial charge on any atom is -0.391 e. The van der Waals surface area contributed by atoms with Crippen molar-refractivity contribution in [2.75, 3.05) is 6.54 Å². The topological polar surface area (TPSA) is 179 Å². The number of aromatic amines is 2. The van der Waals surface area contributed by atoms with Gasteiger partial charge in [0.1, 0.15) is 29.9 Å². The lowest BCUT2D eigenvalue weighted by Gasteiger charge is -2.28. The van der Waals surface area contributed by atoms with Gasteiger partial charge in [0.2, 0.25) is 0 Å². The van der Waals surface area contributed by atoms with Crippen LogP contribution in [0, 0.1) is 19.8 Å². The van der Waals surface area contributed by atoms with E-state index in [-0.39, 0.29) is 6.04 Å². The summed E-state index contributed by atoms with van der Waals surface area (Å²) in [5, 5.41) is 27.4. The van der Waals surface area contributed by atoms with Crippen LogP contribution in [0.15, 0.2) is 110 Å². The quantitative estimate of drug-likeness (QED) is 0.0859. The molecule has 0 saturated heterocycles. The molecule has 15 nitrogen and oxygen atoms in total. The van der Waals surface area contributed by atoms with E-state index in [9.17, 15) is 5.11 Å². The summed E-state index contributed by atoms with van der Waals surface area (Å²) in [6.07, 6.45) is 12.2. The number of benzene rings is 1. The van der Waals surface area contributed by atoms with E-state index in [4.69, 9.17) is 25.0 Å². The number of rotatable bonds is 12. The van der Waals surface area contributed by atoms with Crippen molar-refractivity contribution in [3.05, 3.63) is 144 Å². The first-order valence-corrected chi connectivity index (χ1v) is 21.8. The number of nitrogens with zero attached hydrogens (tertiary/aromatic N) is 10. The highest BCUT2D eigenvalue weighted by Gasteiger charge is 2.31. The van der Waals surface area contributed by atoms with Crippen LogP contribution in [0.25, 0.3) is 56.6 Å². The molecule has 4 atom stereocenters. The van der Waals surface area contributed by atoms with Crippen molar-refractivity contribution in [1.29, 1.82) is 0 Å². The fraction of sp³-hybridized carbons (Fsp3) is 0.292. The summed E-state index contributed by atoms with van der Waals surface area (Å²) in [5.41, 5.74) is 13.0. The van der Waals surface area contributed by atoms with Gasteiger partial charge in [-0.05, 0) is 106 Å². The van der Waals surface area contributed by atoms with E-state index in [1.165, 1.54) is 12.0 Å². The molecule has 9 aromatic rings. The van der Waals surface area contributed by atoms with E-state index in [1.54, 1.807) is 10.8 Å². The Kier molecular flexibility index (Phi) is 10.1. The van der Waals surface area contributed by atoms with E-state index >= 15 is 0 Å². The van der Waals surface area contributed by atoms with Crippen LogP contribution in [0.1, 0.15) is 71.9 Å². The summed E-state index contributed by atoms with van der Waals surface area (Å²) in [5.74, 6) is 2.15. The number of H-pyrrole nitrogens is 2. The molecule has 1 aromatic carbocycles. The average molecular weight is 838 g/mol. The van der Waals surface area contributed by atoms with Gasteiger partial charge in [-0.25, -0.2) is 24.0 Å². The summed E-state index contributed by atoms with van der Waals surface area (Å²) < 4.78 is 6.09. The lowest BCUT2D eigenvalue weighted by molar-refractivity contribution is -0.703. The Morgan fingerprint density at radius 2 is 1.46 bits per heavy atom. The second kappa shape index (κ2) is 16.4. The maximum absolute atomic E-state index is 10.9. The second-order valence-corrected chi connectivity index (χ2v) is 17.0. The molecule has 316 valence electrons. The zero-order chi connectivity index (χ0) is 42.4. The summed E-state index contributed by atoms with van der Waals surface area (Å²) >= 11 is 0. The number of pyridine rings is 4. The first-order chi connectivity index (χ1) is 30.9. The van der Waals surface area contributed by atoms with Crippen molar-refractivity contribution in [3.63, 3.8) is 0 Å². The zero-order valence-electron chi connectivity index (χ0n) is 35.3. The molecule has 2 unspecified atom stereocenters. The van der Waals surface area contributed by atoms with Crippen LogP contribution in [0.4, 0.5) is 0 Å². The van der Waals surface area contributed by atoms with Crippen molar-refractivity contribution < 1.29 is 9.67 Å². The minimum absolute atomic E-state index is 0.158. The van der Waals surface area contributed by atoms with Crippen LogP contribution in [0.5, 0.6) is 0 Å². The monoisotopic (exact) mass is 837 g/mol. The van der Waals surface area contributed by atoms with Crippen molar-refractivity contribution in [2.45, 2.75) is 77.2 Å². The molecular weight excluding hydrogens is 789 g/mol. The third-order valence-corrected chi connectivity index (χ3v) is 12.7. The Morgan fingerprint density at radius 3 is 2.22 bits per heavy atom. The molecule has 1 fully saturated rings. The fourth-order valence-electron chi connectivity index (χ4n) is 9.61. The molecule has 8 aromatic heterocycles. The third-order valence-electron chi connectivity index (χ3n) is 12.7. The maximum Gasteiger partial charge on any atom is 0.266 e. The molecule has 0 radical (unpaired) electrons. The minimum atomic E-state index is -0.486. The molecule has 0 amide bonds. The van der Waals surface area contributed by atoms with Gasteiger partial charge in [0.15, 0.2) is 5.65 Å². The zero-order valence-corrected chi connectivity index (χ0v) is 35.3. The van der Waals surface area contributed by atoms with Crippen molar-refractivity contribution >= 4 is 11.3 Å². The van der Waals surface area contributed by atoms with Gasteiger partial charge >= 0.3 is 0 Å². The Hall–Kier alpha value is -6.94. The van der Waals surface area contributed by atoms with Crippen LogP contribution < -0.4 is 15.2 Å². The highest BCUT2D eigenvalue weighted by molar-refractivity contribution is 5.78. The molecule has 1 saturated carbocycles. The summed E-state index contributed by atoms with van der Waals surface area (Å²) in [7, 11) is 0. The Balaban J connectivity index is 0.795. The Morgan fingerprint density at radius 1 is 0.746 bits per heavy atom. The predicted octanol–water partition coefficient (Wildman–Crippen LogP) is 6.45. The van der Waals surface area contributed by atoms with Gasteiger partial charge in [-0.1, -0.05) is 40.9 Å². The standard InChI is InChI=1S/C48H49N14O/c1-29-8-5-14-37(54-29)47-44(33-16-18-42-51-27-52-61(42)25-33)56-40(58-47)23-49-22-31-10-7-12-35(20-31)60-28-53-62-26-34(17-19-43(60)62)45-48(38-15-6-9-30(2)55-38)59-41(57-45)24-50-46-36-13-4-3-11-32(36)21-39(46)63/h3-6,8-9,11,13-19,25-28,31,35,39,46,49-50,63H,7,10,12,20-24H2,1-2H3,(H,56,58)(H,57,59)/q+1/t31?,35?,39-,46+/m1/s1. The molecule has 63 heavy (non-hydrogen) atoms. The van der Waals surface area contributed by atoms with Gasteiger partial charge in [0, 0.05) is 46.3 Å². The molecule has 11 rings (SSSR count). The molecule has 5 N–H and O–H groups in total. The number of aromatic nitrogens is 12. The van der Waals surface area contributed by atoms with Gasteiger partial charge in [-0.2, -0.15) is 5.10 Å². The first kappa shape index (κ1) is 38.9. The second-order valence-electron chi connectivity index (χ2n) is 17.0. The van der Waals surface area contributed by atoms with E-state index in [2.05, 4.69) is 65.7 Å². The van der Waals surface area contributed by atoms with E-state index in [0.717, 1.165) is 111 Å². The highest BCUT2D eigenvalue weighted by Crippen LogP contribution is 2.35. The van der Waals surface area contributed by atoms with Gasteiger partial charge in [-0.3, -0.25) is 9.97 Å². The Bertz CT molecular complexity index is 3090. The van der Waals surface area contributed by atoms with Crippen molar-refractivity contribution in [1.82, 2.24) is 64.7 Å². The predicted molar refractivity (Wildman–Crippen MR) is 238 cm³/mol. The van der Waals surface area contributed by atoms with Crippen molar-refractivity contribution in [2.24, 2.45) is 5.92 Å². The number of imidazole rings is 2.